The normalized spacial score (nSPS) is 18.4. The molecule has 17 heavy (non-hydrogen) atoms. The maximum absolute atomic E-state index is 5.35. The highest BCUT2D eigenvalue weighted by atomic mass is 16.5. The minimum atomic E-state index is 0.344. The Labute approximate surface area is 102 Å². The number of rotatable bonds is 4. The van der Waals surface area contributed by atoms with Crippen LogP contribution in [-0.2, 0) is 6.42 Å². The smallest absolute Gasteiger partial charge is 0.161 e. The molecule has 1 aromatic carbocycles. The topological polar surface area (TPSA) is 30.5 Å². The number of ether oxygens (including phenoxy) is 2. The van der Waals surface area contributed by atoms with Crippen molar-refractivity contribution in [1.82, 2.24) is 5.32 Å². The number of methoxy groups -OCH3 is 2. The zero-order valence-corrected chi connectivity index (χ0v) is 10.5. The molecule has 1 N–H and O–H groups in total. The van der Waals surface area contributed by atoms with Gasteiger partial charge in [0.05, 0.1) is 14.2 Å². The SMILES string of the molecule is C=CC[C@H]1NCCc2cc(OC)c(OC)cc21. The van der Waals surface area contributed by atoms with Crippen molar-refractivity contribution in [2.75, 3.05) is 20.8 Å². The Morgan fingerprint density at radius 2 is 2.06 bits per heavy atom. The summed E-state index contributed by atoms with van der Waals surface area (Å²) < 4.78 is 10.7. The molecule has 0 aliphatic carbocycles. The molecule has 3 heteroatoms. The van der Waals surface area contributed by atoms with Crippen LogP contribution in [0.4, 0.5) is 0 Å². The van der Waals surface area contributed by atoms with Crippen molar-refractivity contribution >= 4 is 0 Å². The van der Waals surface area contributed by atoms with Gasteiger partial charge >= 0.3 is 0 Å². The van der Waals surface area contributed by atoms with Gasteiger partial charge in [-0.05, 0) is 42.6 Å². The van der Waals surface area contributed by atoms with Gasteiger partial charge in [-0.1, -0.05) is 6.08 Å². The van der Waals surface area contributed by atoms with Gasteiger partial charge < -0.3 is 14.8 Å². The minimum Gasteiger partial charge on any atom is -0.493 e. The summed E-state index contributed by atoms with van der Waals surface area (Å²) in [5.74, 6) is 1.61. The average molecular weight is 233 g/mol. The van der Waals surface area contributed by atoms with E-state index in [1.54, 1.807) is 14.2 Å². The van der Waals surface area contributed by atoms with Crippen LogP contribution in [0, 0.1) is 0 Å². The first-order chi connectivity index (χ1) is 8.30. The molecular weight excluding hydrogens is 214 g/mol. The molecule has 0 spiro atoms. The summed E-state index contributed by atoms with van der Waals surface area (Å²) in [6.45, 7) is 4.81. The Hall–Kier alpha value is -1.48. The zero-order valence-electron chi connectivity index (χ0n) is 10.5. The summed E-state index contributed by atoms with van der Waals surface area (Å²) in [5.41, 5.74) is 2.64. The van der Waals surface area contributed by atoms with E-state index in [4.69, 9.17) is 9.47 Å². The van der Waals surface area contributed by atoms with Crippen molar-refractivity contribution < 1.29 is 9.47 Å². The fourth-order valence-corrected chi connectivity index (χ4v) is 2.35. The van der Waals surface area contributed by atoms with E-state index in [1.807, 2.05) is 6.08 Å². The molecule has 0 saturated carbocycles. The second kappa shape index (κ2) is 5.23. The van der Waals surface area contributed by atoms with Gasteiger partial charge in [-0.3, -0.25) is 0 Å². The average Bonchev–Trinajstić information content (AvgIpc) is 2.38. The third-order valence-corrected chi connectivity index (χ3v) is 3.21. The fourth-order valence-electron chi connectivity index (χ4n) is 2.35. The van der Waals surface area contributed by atoms with Gasteiger partial charge in [0, 0.05) is 6.04 Å². The van der Waals surface area contributed by atoms with Gasteiger partial charge in [-0.2, -0.15) is 0 Å². The predicted octanol–water partition coefficient (Wildman–Crippen LogP) is 2.47. The molecule has 0 aromatic heterocycles. The second-order valence-corrected chi connectivity index (χ2v) is 4.19. The Morgan fingerprint density at radius 1 is 1.35 bits per heavy atom. The number of nitrogens with one attached hydrogen (secondary N) is 1. The maximum Gasteiger partial charge on any atom is 0.161 e. The molecule has 0 radical (unpaired) electrons. The van der Waals surface area contributed by atoms with Crippen LogP contribution in [0.2, 0.25) is 0 Å². The Kier molecular flexibility index (Phi) is 3.69. The van der Waals surface area contributed by atoms with Crippen LogP contribution < -0.4 is 14.8 Å². The number of benzene rings is 1. The van der Waals surface area contributed by atoms with Crippen molar-refractivity contribution in [2.24, 2.45) is 0 Å². The zero-order chi connectivity index (χ0) is 12.3. The Balaban J connectivity index is 2.43. The molecule has 1 aromatic rings. The fraction of sp³-hybridized carbons (Fsp3) is 0.429. The molecule has 0 fully saturated rings. The van der Waals surface area contributed by atoms with Crippen molar-refractivity contribution in [3.8, 4) is 11.5 Å². The summed E-state index contributed by atoms with van der Waals surface area (Å²) >= 11 is 0. The molecule has 0 unspecified atom stereocenters. The molecule has 0 amide bonds. The van der Waals surface area contributed by atoms with E-state index >= 15 is 0 Å². The van der Waals surface area contributed by atoms with Gasteiger partial charge in [0.25, 0.3) is 0 Å². The first kappa shape index (κ1) is 12.0. The Morgan fingerprint density at radius 3 is 2.71 bits per heavy atom. The van der Waals surface area contributed by atoms with Gasteiger partial charge in [0.2, 0.25) is 0 Å². The van der Waals surface area contributed by atoms with Crippen molar-refractivity contribution in [1.29, 1.82) is 0 Å². The lowest BCUT2D eigenvalue weighted by atomic mass is 9.92. The maximum atomic E-state index is 5.35. The lowest BCUT2D eigenvalue weighted by Crippen LogP contribution is -2.29. The Bertz CT molecular complexity index is 415. The van der Waals surface area contributed by atoms with E-state index in [2.05, 4.69) is 24.0 Å². The van der Waals surface area contributed by atoms with Crippen LogP contribution in [0.3, 0.4) is 0 Å². The lowest BCUT2D eigenvalue weighted by Gasteiger charge is -2.27. The van der Waals surface area contributed by atoms with Crippen molar-refractivity contribution in [3.05, 3.63) is 35.9 Å². The van der Waals surface area contributed by atoms with Gasteiger partial charge in [-0.25, -0.2) is 0 Å². The lowest BCUT2D eigenvalue weighted by molar-refractivity contribution is 0.352. The van der Waals surface area contributed by atoms with E-state index in [-0.39, 0.29) is 0 Å². The highest BCUT2D eigenvalue weighted by Gasteiger charge is 2.21. The quantitative estimate of drug-likeness (QED) is 0.810. The molecule has 0 bridgehead atoms. The van der Waals surface area contributed by atoms with Crippen LogP contribution in [0.25, 0.3) is 0 Å². The molecule has 92 valence electrons. The highest BCUT2D eigenvalue weighted by Crippen LogP contribution is 2.36. The van der Waals surface area contributed by atoms with E-state index in [0.29, 0.717) is 6.04 Å². The molecule has 1 heterocycles. The number of hydrogen-bond donors (Lipinski definition) is 1. The number of fused-ring (bicyclic) bond motifs is 1. The number of hydrogen-bond acceptors (Lipinski definition) is 3. The van der Waals surface area contributed by atoms with E-state index in [0.717, 1.165) is 30.9 Å². The largest absolute Gasteiger partial charge is 0.493 e. The molecule has 0 saturated heterocycles. The molecule has 1 aliphatic rings. The van der Waals surface area contributed by atoms with E-state index in [1.165, 1.54) is 11.1 Å². The van der Waals surface area contributed by atoms with Crippen molar-refractivity contribution in [2.45, 2.75) is 18.9 Å². The summed E-state index contributed by atoms with van der Waals surface area (Å²) in [4.78, 5) is 0. The summed E-state index contributed by atoms with van der Waals surface area (Å²) in [6.07, 6.45) is 3.91. The second-order valence-electron chi connectivity index (χ2n) is 4.19. The predicted molar refractivity (Wildman–Crippen MR) is 68.8 cm³/mol. The molecular formula is C14H19NO2. The first-order valence-electron chi connectivity index (χ1n) is 5.89. The van der Waals surface area contributed by atoms with Gasteiger partial charge in [-0.15, -0.1) is 6.58 Å². The van der Waals surface area contributed by atoms with Crippen LogP contribution in [0.5, 0.6) is 11.5 Å². The highest BCUT2D eigenvalue weighted by molar-refractivity contribution is 5.49. The summed E-state index contributed by atoms with van der Waals surface area (Å²) in [7, 11) is 3.34. The van der Waals surface area contributed by atoms with Crippen molar-refractivity contribution in [3.63, 3.8) is 0 Å². The van der Waals surface area contributed by atoms with E-state index < -0.39 is 0 Å². The third kappa shape index (κ3) is 2.29. The summed E-state index contributed by atoms with van der Waals surface area (Å²) in [6, 6.07) is 4.51. The summed E-state index contributed by atoms with van der Waals surface area (Å²) in [5, 5.41) is 3.50. The molecule has 1 aliphatic heterocycles. The minimum absolute atomic E-state index is 0.344. The third-order valence-electron chi connectivity index (χ3n) is 3.21. The van der Waals surface area contributed by atoms with Crippen LogP contribution in [0.1, 0.15) is 23.6 Å². The first-order valence-corrected chi connectivity index (χ1v) is 5.89. The monoisotopic (exact) mass is 233 g/mol. The van der Waals surface area contributed by atoms with Crippen LogP contribution in [0.15, 0.2) is 24.8 Å². The molecule has 2 rings (SSSR count). The molecule has 1 atom stereocenters. The van der Waals surface area contributed by atoms with Gasteiger partial charge in [0.1, 0.15) is 0 Å². The van der Waals surface area contributed by atoms with Crippen LogP contribution >= 0.6 is 0 Å². The van der Waals surface area contributed by atoms with Crippen LogP contribution in [-0.4, -0.2) is 20.8 Å². The van der Waals surface area contributed by atoms with Gasteiger partial charge in [0.15, 0.2) is 11.5 Å². The van der Waals surface area contributed by atoms with E-state index in [9.17, 15) is 0 Å². The standard InChI is InChI=1S/C14H19NO2/c1-4-5-12-11-9-14(17-3)13(16-2)8-10(11)6-7-15-12/h4,8-9,12,15H,1,5-7H2,2-3H3/t12-/m1/s1. The molecule has 3 nitrogen and oxygen atoms in total.